The molecule has 0 radical (unpaired) electrons. The van der Waals surface area contributed by atoms with Gasteiger partial charge < -0.3 is 82.2 Å². The van der Waals surface area contributed by atoms with Crippen LogP contribution >= 0.6 is 97.1 Å². The summed E-state index contributed by atoms with van der Waals surface area (Å²) in [6.07, 6.45) is 18.8. The minimum absolute atomic E-state index is 0. The van der Waals surface area contributed by atoms with Crippen LogP contribution in [0.4, 0.5) is 16.2 Å². The van der Waals surface area contributed by atoms with Crippen LogP contribution in [0.2, 0.25) is 35.2 Å². The predicted octanol–water partition coefficient (Wildman–Crippen LogP) is 9.60. The Morgan fingerprint density at radius 3 is 1.18 bits per heavy atom. The smallest absolute Gasteiger partial charge is 1.00 e. The number of carbonyl (C=O) groups excluding carboxylic acids is 5. The Balaban J connectivity index is 0.000000196. The number of amides is 4. The van der Waals surface area contributed by atoms with E-state index in [9.17, 15) is 29.2 Å². The summed E-state index contributed by atoms with van der Waals surface area (Å²) in [6.45, 7) is 13.7. The van der Waals surface area contributed by atoms with E-state index in [1.807, 2.05) is 71.4 Å². The Morgan fingerprint density at radius 2 is 0.854 bits per heavy atom. The zero-order chi connectivity index (χ0) is 92.0. The van der Waals surface area contributed by atoms with Crippen LogP contribution in [0, 0.1) is 35.1 Å². The molecule has 7 N–H and O–H groups in total. The zero-order valence-electron chi connectivity index (χ0n) is 76.6. The molecule has 0 unspecified atom stereocenters. The third kappa shape index (κ3) is 30.9. The number of methoxy groups -OCH3 is 3. The first-order chi connectivity index (χ1) is 61.4. The molecule has 12 fully saturated rings. The predicted molar refractivity (Wildman–Crippen MR) is 505 cm³/mol. The van der Waals surface area contributed by atoms with Crippen LogP contribution in [0.15, 0.2) is 127 Å². The van der Waals surface area contributed by atoms with Crippen LogP contribution in [0.3, 0.4) is 0 Å². The van der Waals surface area contributed by atoms with E-state index in [2.05, 4.69) is 109 Å². The largest absolute Gasteiger partial charge is 1.00 e. The number of hydrogen-bond acceptors (Lipinski definition) is 21. The summed E-state index contributed by atoms with van der Waals surface area (Å²) in [6, 6.07) is 46.0. The number of rotatable bonds is 19. The SMILES string of the molecule is CBr.CC(C)(C)OC(=O)N1CC[C@H](C(=O)O)C1.COc1ccc(CN2[C@H]3CC[C@@H]2[C@H](N)C3)cc1.COc1ccc(CN2[C@H]3CC[C@@H]2[C@H](NC(=O)[C@H]2CCN(c4cc(Cl)cc(Cl)c4)C2)C3)cc1.COc1ccc(CN2[C@H]3CC[C@@H]2[C@H](NC(=O)[C@H]2CCNC2)C3)cc1.Clc1cc(Cl)cc(Cl)c1.N#CN1[C@H]2CC[C@@H]1[C@H](NC(=O)[C@H]1CCN(c3cc(Cl)cc(Cl)c3)C1)C2.O=CO[O-].[H-].[K+].[K+]. The number of carboxylic acids is 1. The summed E-state index contributed by atoms with van der Waals surface area (Å²) in [5.74, 6) is 3.90. The maximum Gasteiger partial charge on any atom is 1.00 e. The second-order valence-corrected chi connectivity index (χ2v) is 38.6. The number of anilines is 2. The second-order valence-electron chi connectivity index (χ2n) is 35.6. The number of carboxylic acid groups (broad SMARTS) is 1. The molecule has 12 saturated heterocycles. The maximum absolute atomic E-state index is 13.1. The van der Waals surface area contributed by atoms with Gasteiger partial charge in [0.1, 0.15) is 22.8 Å². The van der Waals surface area contributed by atoms with E-state index in [1.165, 1.54) is 60.1 Å². The minimum Gasteiger partial charge on any atom is -1.00 e. The zero-order valence-corrected chi connectivity index (χ0v) is 88.7. The molecule has 36 heteroatoms. The molecule has 0 aliphatic carbocycles. The van der Waals surface area contributed by atoms with Gasteiger partial charge >= 0.3 is 115 Å². The Hall–Kier alpha value is -4.23. The molecule has 4 amide bonds. The molecule has 130 heavy (non-hydrogen) atoms. The summed E-state index contributed by atoms with van der Waals surface area (Å²) in [5, 5.41) is 43.8. The van der Waals surface area contributed by atoms with Gasteiger partial charge in [0, 0.05) is 172 Å². The number of halogens is 8. The van der Waals surface area contributed by atoms with E-state index >= 15 is 0 Å². The van der Waals surface area contributed by atoms with E-state index in [-0.39, 0.29) is 171 Å². The van der Waals surface area contributed by atoms with Crippen molar-refractivity contribution in [2.45, 2.75) is 221 Å². The number of nitriles is 1. The molecule has 0 spiro atoms. The fourth-order valence-electron chi connectivity index (χ4n) is 20.1. The van der Waals surface area contributed by atoms with Crippen molar-refractivity contribution in [3.63, 3.8) is 0 Å². The third-order valence-corrected chi connectivity index (χ3v) is 27.9. The van der Waals surface area contributed by atoms with Crippen LogP contribution in [0.5, 0.6) is 17.2 Å². The van der Waals surface area contributed by atoms with Crippen LogP contribution in [-0.2, 0) is 53.2 Å². The van der Waals surface area contributed by atoms with Crippen LogP contribution in [-0.4, -0.2) is 223 Å². The number of aliphatic carboxylic acids is 1. The molecule has 18 rings (SSSR count). The topological polar surface area (TPSA) is 312 Å². The number of likely N-dealkylation sites (tertiary alicyclic amines) is 1. The number of carbonyl (C=O) groups is 6. The number of nitrogens with zero attached hydrogens (tertiary/aromatic N) is 8. The van der Waals surface area contributed by atoms with E-state index in [1.54, 1.807) is 72.4 Å². The molecule has 16 atom stereocenters. The Morgan fingerprint density at radius 1 is 0.508 bits per heavy atom. The first-order valence-electron chi connectivity index (χ1n) is 44.0. The standard InChI is InChI=1S/C25H29Cl2N3O2.C19H27N3O2.C18H20Cl2N4O.C14H20N2O.C10H17NO4.C6H3Cl3.CH3Br.CH2O3.2K.H/c1-32-22-5-2-16(3-6-22)14-30-20-4-7-24(30)23(13-20)28-25(31)17-8-9-29(15-17)21-11-18(26)10-19(27)12-21;1-24-16-5-2-13(3-6-16)12-22-15-4-7-18(22)17(10-15)21-19(23)14-8-9-20-11-14;19-12-5-13(20)7-15(6-12)23-4-3-11(9-23)18(25)22-16-8-14-1-2-17(16)24(14)10-21;1-17-12-5-2-10(3-6-12)9-16-11-4-7-14(16)13(15)8-11;1-10(2,3)15-9(14)11-5-4-7(6-11)8(12)13;7-4-1-5(8)3-6(9)2-4;1-2;2-1-4-3;;;/h2-3,5-6,10-12,17,20,23-24H,4,7-9,13-15H2,1H3,(H,28,31);2-3,5-6,14-15,17-18,20H,4,7-12H2,1H3,(H,21,23);5-7,11,14,16-17H,1-4,8-9H2,(H,22,25);2-3,5-6,11,13-14H,4,7-9,15H2,1H3;7H,4-6H2,1-3H3,(H,12,13);1-3H;1H3;1,3H;;;/q;;;;;;;;2*+1;-1/p-1/t17-,20-,23+,24+;14-,15-,17+,18+;11-,14-,16+,17+;11-,13+,14+;7-;;;;;;/m00000....../s1. The van der Waals surface area contributed by atoms with Crippen LogP contribution in [0.1, 0.15) is 142 Å². The molecule has 6 aromatic carbocycles. The summed E-state index contributed by atoms with van der Waals surface area (Å²) in [5.41, 5.74) is 11.5. The summed E-state index contributed by atoms with van der Waals surface area (Å²) >= 11 is 44.2. The van der Waals surface area contributed by atoms with E-state index < -0.39 is 23.6 Å². The second kappa shape index (κ2) is 53.1. The number of hydrogen-bond donors (Lipinski definition) is 6. The molecule has 8 bridgehead atoms. The van der Waals surface area contributed by atoms with Crippen molar-refractivity contribution >= 4 is 145 Å². The van der Waals surface area contributed by atoms with Crippen molar-refractivity contribution in [2.75, 3.05) is 89.3 Å². The van der Waals surface area contributed by atoms with E-state index in [0.29, 0.717) is 110 Å². The average molecular weight is 2050 g/mol. The van der Waals surface area contributed by atoms with Crippen LogP contribution < -0.4 is 159 Å². The summed E-state index contributed by atoms with van der Waals surface area (Å²) in [4.78, 5) is 87.1. The summed E-state index contributed by atoms with van der Waals surface area (Å²) in [7, 11) is 5.09. The molecule has 6 aromatic rings. The van der Waals surface area contributed by atoms with Crippen molar-refractivity contribution in [2.24, 2.45) is 29.4 Å². The number of nitrogens with one attached hydrogen (secondary N) is 4. The van der Waals surface area contributed by atoms with E-state index in [4.69, 9.17) is 121 Å². The Bertz CT molecular complexity index is 4630. The fraction of sp³-hybridized carbons (Fsp3) is 0.543. The van der Waals surface area contributed by atoms with Gasteiger partial charge in [-0.15, -0.1) is 0 Å². The molecule has 0 aromatic heterocycles. The van der Waals surface area contributed by atoms with Gasteiger partial charge in [-0.05, 0) is 244 Å². The molecular formula is C94H121BrCl7K2N13O13. The number of benzene rings is 6. The third-order valence-electron chi connectivity index (χ3n) is 26.3. The molecule has 12 aliphatic heterocycles. The number of ether oxygens (including phenoxy) is 4. The maximum atomic E-state index is 13.1. The molecule has 26 nitrogen and oxygen atoms in total. The Kier molecular flexibility index (Phi) is 44.7. The van der Waals surface area contributed by atoms with Gasteiger partial charge in [-0.1, -0.05) is 134 Å². The van der Waals surface area contributed by atoms with Gasteiger partial charge in [-0.25, -0.2) is 4.79 Å². The van der Waals surface area contributed by atoms with Crippen molar-refractivity contribution in [3.8, 4) is 23.4 Å². The van der Waals surface area contributed by atoms with Gasteiger partial charge in [0.25, 0.3) is 6.47 Å². The Labute approximate surface area is 894 Å². The monoisotopic (exact) mass is 2040 g/mol. The molecule has 12 aliphatic rings. The van der Waals surface area contributed by atoms with Crippen molar-refractivity contribution in [3.05, 3.63) is 179 Å². The minimum atomic E-state index is -0.846. The van der Waals surface area contributed by atoms with Gasteiger partial charge in [0.05, 0.1) is 57.1 Å². The number of fused-ring (bicyclic) bond motifs is 8. The normalized spacial score (nSPS) is 26.1. The van der Waals surface area contributed by atoms with Gasteiger partial charge in [-0.3, -0.25) is 38.7 Å². The summed E-state index contributed by atoms with van der Waals surface area (Å²) < 4.78 is 20.8. The van der Waals surface area contributed by atoms with Crippen molar-refractivity contribution in [1.82, 2.24) is 45.8 Å². The molecule has 0 saturated carbocycles. The first-order valence-corrected chi connectivity index (χ1v) is 48.3. The molecular weight excluding hydrogens is 1930 g/mol. The number of alkyl halides is 1. The first kappa shape index (κ1) is 109. The van der Waals surface area contributed by atoms with Crippen molar-refractivity contribution in [1.29, 1.82) is 5.26 Å². The molecule has 12 heterocycles. The van der Waals surface area contributed by atoms with Gasteiger partial charge in [0.2, 0.25) is 17.7 Å². The van der Waals surface area contributed by atoms with Gasteiger partial charge in [-0.2, -0.15) is 5.26 Å². The quantitative estimate of drug-likeness (QED) is 0.0110. The van der Waals surface area contributed by atoms with Crippen molar-refractivity contribution < 1.29 is 167 Å². The molecule has 698 valence electrons. The van der Waals surface area contributed by atoms with Crippen LogP contribution in [0.25, 0.3) is 0 Å². The van der Waals surface area contributed by atoms with Gasteiger partial charge in [0.15, 0.2) is 6.19 Å². The number of nitrogens with two attached hydrogens (primary N) is 1. The average Bonchev–Trinajstić information content (AvgIpc) is 1.66. The fourth-order valence-corrected chi connectivity index (χ4v) is 22.0. The van der Waals surface area contributed by atoms with E-state index in [0.717, 1.165) is 138 Å².